The molecule has 0 spiro atoms. The topological polar surface area (TPSA) is 50.4 Å². The standard InChI is InChI=1S/C16H34N2O2/c1-7-9-14(10-8-2)17-12-11-13(3)18-15(19)20-16(4,5)6/h13-14,17H,7-12H2,1-6H3,(H,18,19). The summed E-state index contributed by atoms with van der Waals surface area (Å²) in [6, 6.07) is 0.736. The van der Waals surface area contributed by atoms with Gasteiger partial charge in [-0.3, -0.25) is 0 Å². The van der Waals surface area contributed by atoms with E-state index in [4.69, 9.17) is 4.74 Å². The molecule has 0 aromatic rings. The smallest absolute Gasteiger partial charge is 0.407 e. The molecule has 4 nitrogen and oxygen atoms in total. The van der Waals surface area contributed by atoms with Crippen LogP contribution in [0.3, 0.4) is 0 Å². The number of nitrogens with one attached hydrogen (secondary N) is 2. The van der Waals surface area contributed by atoms with E-state index in [1.54, 1.807) is 0 Å². The van der Waals surface area contributed by atoms with Crippen molar-refractivity contribution in [3.05, 3.63) is 0 Å². The first kappa shape index (κ1) is 19.2. The van der Waals surface area contributed by atoms with E-state index >= 15 is 0 Å². The van der Waals surface area contributed by atoms with Crippen LogP contribution >= 0.6 is 0 Å². The Morgan fingerprint density at radius 2 is 1.65 bits per heavy atom. The first-order valence-corrected chi connectivity index (χ1v) is 8.01. The lowest BCUT2D eigenvalue weighted by atomic mass is 10.1. The predicted molar refractivity (Wildman–Crippen MR) is 85.1 cm³/mol. The van der Waals surface area contributed by atoms with E-state index in [2.05, 4.69) is 24.5 Å². The molecule has 1 amide bonds. The first-order chi connectivity index (χ1) is 9.28. The van der Waals surface area contributed by atoms with Crippen molar-refractivity contribution in [1.29, 1.82) is 0 Å². The minimum atomic E-state index is -0.435. The van der Waals surface area contributed by atoms with Crippen LogP contribution in [0.4, 0.5) is 4.79 Å². The molecule has 0 saturated carbocycles. The Morgan fingerprint density at radius 1 is 1.10 bits per heavy atom. The molecule has 0 aliphatic rings. The predicted octanol–water partition coefficient (Wildman–Crippen LogP) is 3.85. The lowest BCUT2D eigenvalue weighted by Gasteiger charge is -2.23. The molecule has 1 unspecified atom stereocenters. The SMILES string of the molecule is CCCC(CCC)NCCC(C)NC(=O)OC(C)(C)C. The lowest BCUT2D eigenvalue weighted by molar-refractivity contribution is 0.0506. The van der Waals surface area contributed by atoms with E-state index in [0.717, 1.165) is 13.0 Å². The van der Waals surface area contributed by atoms with Crippen LogP contribution in [0.1, 0.15) is 73.6 Å². The third-order valence-corrected chi connectivity index (χ3v) is 3.05. The zero-order chi connectivity index (χ0) is 15.6. The van der Waals surface area contributed by atoms with Gasteiger partial charge in [0.2, 0.25) is 0 Å². The molecule has 0 aliphatic carbocycles. The monoisotopic (exact) mass is 286 g/mol. The molecule has 0 fully saturated rings. The third-order valence-electron chi connectivity index (χ3n) is 3.05. The van der Waals surface area contributed by atoms with Crippen molar-refractivity contribution in [3.63, 3.8) is 0 Å². The number of ether oxygens (including phenoxy) is 1. The van der Waals surface area contributed by atoms with Crippen LogP contribution in [-0.2, 0) is 4.74 Å². The van der Waals surface area contributed by atoms with Crippen molar-refractivity contribution < 1.29 is 9.53 Å². The molecule has 0 aliphatic heterocycles. The van der Waals surface area contributed by atoms with Crippen LogP contribution in [0.15, 0.2) is 0 Å². The van der Waals surface area contributed by atoms with Gasteiger partial charge < -0.3 is 15.4 Å². The highest BCUT2D eigenvalue weighted by molar-refractivity contribution is 5.67. The largest absolute Gasteiger partial charge is 0.444 e. The van der Waals surface area contributed by atoms with Gasteiger partial charge in [0.15, 0.2) is 0 Å². The van der Waals surface area contributed by atoms with Gasteiger partial charge in [-0.1, -0.05) is 26.7 Å². The molecule has 1 atom stereocenters. The number of hydrogen-bond acceptors (Lipinski definition) is 3. The Kier molecular flexibility index (Phi) is 9.64. The maximum absolute atomic E-state index is 11.6. The molecule has 120 valence electrons. The molecule has 0 aromatic heterocycles. The number of hydrogen-bond donors (Lipinski definition) is 2. The molecule has 0 bridgehead atoms. The highest BCUT2D eigenvalue weighted by Crippen LogP contribution is 2.07. The maximum atomic E-state index is 11.6. The van der Waals surface area contributed by atoms with E-state index in [1.165, 1.54) is 25.7 Å². The zero-order valence-electron chi connectivity index (χ0n) is 14.2. The molecule has 0 radical (unpaired) electrons. The maximum Gasteiger partial charge on any atom is 0.407 e. The Labute approximate surface area is 125 Å². The van der Waals surface area contributed by atoms with Crippen molar-refractivity contribution in [2.24, 2.45) is 0 Å². The summed E-state index contributed by atoms with van der Waals surface area (Å²) in [4.78, 5) is 11.6. The molecule has 0 rings (SSSR count). The lowest BCUT2D eigenvalue weighted by Crippen LogP contribution is -2.40. The van der Waals surface area contributed by atoms with Gasteiger partial charge in [-0.25, -0.2) is 4.79 Å². The van der Waals surface area contributed by atoms with Gasteiger partial charge in [0, 0.05) is 12.1 Å². The summed E-state index contributed by atoms with van der Waals surface area (Å²) in [5.74, 6) is 0. The highest BCUT2D eigenvalue weighted by Gasteiger charge is 2.17. The van der Waals surface area contributed by atoms with Crippen molar-refractivity contribution >= 4 is 6.09 Å². The van der Waals surface area contributed by atoms with Gasteiger partial charge in [0.25, 0.3) is 0 Å². The van der Waals surface area contributed by atoms with E-state index in [0.29, 0.717) is 6.04 Å². The fourth-order valence-electron chi connectivity index (χ4n) is 2.13. The number of amides is 1. The van der Waals surface area contributed by atoms with Crippen molar-refractivity contribution in [2.45, 2.75) is 91.3 Å². The molecule has 2 N–H and O–H groups in total. The Bertz CT molecular complexity index is 256. The summed E-state index contributed by atoms with van der Waals surface area (Å²) in [6.45, 7) is 13.0. The quantitative estimate of drug-likeness (QED) is 0.677. The Balaban J connectivity index is 3.86. The fourth-order valence-corrected chi connectivity index (χ4v) is 2.13. The van der Waals surface area contributed by atoms with Gasteiger partial charge in [-0.2, -0.15) is 0 Å². The normalized spacial score (nSPS) is 13.3. The van der Waals surface area contributed by atoms with Crippen LogP contribution in [0.5, 0.6) is 0 Å². The van der Waals surface area contributed by atoms with Gasteiger partial charge >= 0.3 is 6.09 Å². The summed E-state index contributed by atoms with van der Waals surface area (Å²) in [6.07, 6.45) is 5.46. The molecule has 0 heterocycles. The number of alkyl carbamates (subject to hydrolysis) is 1. The van der Waals surface area contributed by atoms with E-state index in [1.807, 2.05) is 27.7 Å². The van der Waals surface area contributed by atoms with E-state index in [9.17, 15) is 4.79 Å². The summed E-state index contributed by atoms with van der Waals surface area (Å²) in [7, 11) is 0. The second-order valence-electron chi connectivity index (χ2n) is 6.56. The van der Waals surface area contributed by atoms with Crippen LogP contribution in [-0.4, -0.2) is 30.3 Å². The van der Waals surface area contributed by atoms with Crippen molar-refractivity contribution in [2.75, 3.05) is 6.54 Å². The number of carbonyl (C=O) groups is 1. The summed E-state index contributed by atoms with van der Waals surface area (Å²) in [5, 5.41) is 6.45. The zero-order valence-corrected chi connectivity index (χ0v) is 14.2. The third kappa shape index (κ3) is 11.1. The summed E-state index contributed by atoms with van der Waals surface area (Å²) >= 11 is 0. The summed E-state index contributed by atoms with van der Waals surface area (Å²) in [5.41, 5.74) is -0.435. The van der Waals surface area contributed by atoms with E-state index < -0.39 is 5.60 Å². The highest BCUT2D eigenvalue weighted by atomic mass is 16.6. The van der Waals surface area contributed by atoms with E-state index in [-0.39, 0.29) is 12.1 Å². The van der Waals surface area contributed by atoms with Gasteiger partial charge in [-0.05, 0) is 53.5 Å². The number of carbonyl (C=O) groups excluding carboxylic acids is 1. The van der Waals surface area contributed by atoms with Gasteiger partial charge in [0.1, 0.15) is 5.60 Å². The average molecular weight is 286 g/mol. The van der Waals surface area contributed by atoms with Crippen LogP contribution in [0.25, 0.3) is 0 Å². The number of rotatable bonds is 9. The van der Waals surface area contributed by atoms with Gasteiger partial charge in [-0.15, -0.1) is 0 Å². The van der Waals surface area contributed by atoms with Crippen molar-refractivity contribution in [3.8, 4) is 0 Å². The Morgan fingerprint density at radius 3 is 2.10 bits per heavy atom. The van der Waals surface area contributed by atoms with Crippen molar-refractivity contribution in [1.82, 2.24) is 10.6 Å². The van der Waals surface area contributed by atoms with Gasteiger partial charge in [0.05, 0.1) is 0 Å². The first-order valence-electron chi connectivity index (χ1n) is 8.01. The molecule has 4 heteroatoms. The van der Waals surface area contributed by atoms with Crippen LogP contribution < -0.4 is 10.6 Å². The second kappa shape index (κ2) is 10.0. The fraction of sp³-hybridized carbons (Fsp3) is 0.938. The minimum Gasteiger partial charge on any atom is -0.444 e. The molecular weight excluding hydrogens is 252 g/mol. The average Bonchev–Trinajstić information content (AvgIpc) is 2.26. The Hall–Kier alpha value is -0.770. The van der Waals surface area contributed by atoms with Crippen LogP contribution in [0, 0.1) is 0 Å². The molecule has 0 aromatic carbocycles. The summed E-state index contributed by atoms with van der Waals surface area (Å²) < 4.78 is 5.24. The van der Waals surface area contributed by atoms with Crippen LogP contribution in [0.2, 0.25) is 0 Å². The molecule has 0 saturated heterocycles. The minimum absolute atomic E-state index is 0.126. The molecular formula is C16H34N2O2. The molecule has 20 heavy (non-hydrogen) atoms. The second-order valence-corrected chi connectivity index (χ2v) is 6.56.